The maximum Gasteiger partial charge on any atom is 0.163 e. The van der Waals surface area contributed by atoms with Crippen LogP contribution in [0.15, 0.2) is 66.4 Å². The summed E-state index contributed by atoms with van der Waals surface area (Å²) >= 11 is 0. The van der Waals surface area contributed by atoms with E-state index in [1.165, 1.54) is 0 Å². The molecule has 96 valence electrons. The van der Waals surface area contributed by atoms with E-state index in [0.29, 0.717) is 17.5 Å². The van der Waals surface area contributed by atoms with Crippen molar-refractivity contribution >= 4 is 5.57 Å². The smallest absolute Gasteiger partial charge is 0.163 e. The van der Waals surface area contributed by atoms with Crippen molar-refractivity contribution in [3.63, 3.8) is 0 Å². The molecule has 3 nitrogen and oxygen atoms in total. The lowest BCUT2D eigenvalue weighted by molar-refractivity contribution is 0.962. The van der Waals surface area contributed by atoms with Gasteiger partial charge in [-0.05, 0) is 25.2 Å². The molecular weight excluding hydrogens is 246 g/mol. The van der Waals surface area contributed by atoms with Crippen molar-refractivity contribution in [1.82, 2.24) is 15.0 Å². The summed E-state index contributed by atoms with van der Waals surface area (Å²) in [6, 6.07) is 9.93. The molecule has 0 aliphatic heterocycles. The van der Waals surface area contributed by atoms with Gasteiger partial charge < -0.3 is 0 Å². The van der Waals surface area contributed by atoms with Crippen molar-refractivity contribution in [2.45, 2.75) is 6.92 Å². The minimum absolute atomic E-state index is 0.681. The average molecular weight is 259 g/mol. The Morgan fingerprint density at radius 2 is 1.70 bits per heavy atom. The highest BCUT2D eigenvalue weighted by molar-refractivity contribution is 5.72. The lowest BCUT2D eigenvalue weighted by Gasteiger charge is -2.05. The van der Waals surface area contributed by atoms with Crippen LogP contribution in [0.5, 0.6) is 0 Å². The fourth-order valence-electron chi connectivity index (χ4n) is 1.93. The molecule has 0 unspecified atom stereocenters. The molecule has 0 N–H and O–H groups in total. The highest BCUT2D eigenvalue weighted by Crippen LogP contribution is 2.18. The van der Waals surface area contributed by atoms with Gasteiger partial charge in [-0.2, -0.15) is 0 Å². The maximum atomic E-state index is 4.57. The molecule has 1 aliphatic rings. The Hall–Kier alpha value is -2.77. The molecule has 1 aromatic carbocycles. The fourth-order valence-corrected chi connectivity index (χ4v) is 1.93. The SMILES string of the molecule is Cc1nc(C2=CC=C=CC=C2)nc(-c2ccccc2)n1. The number of hydrogen-bond acceptors (Lipinski definition) is 3. The summed E-state index contributed by atoms with van der Waals surface area (Å²) in [6.45, 7) is 1.88. The predicted octanol–water partition coefficient (Wildman–Crippen LogP) is 3.51. The summed E-state index contributed by atoms with van der Waals surface area (Å²) in [5.41, 5.74) is 4.97. The Bertz CT molecular complexity index is 749. The summed E-state index contributed by atoms with van der Waals surface area (Å²) in [6.07, 6.45) is 9.56. The third-order valence-corrected chi connectivity index (χ3v) is 2.86. The number of allylic oxidation sites excluding steroid dienone is 5. The van der Waals surface area contributed by atoms with Crippen molar-refractivity contribution in [1.29, 1.82) is 0 Å². The molecule has 3 heteroatoms. The molecule has 0 fully saturated rings. The lowest BCUT2D eigenvalue weighted by atomic mass is 10.2. The maximum absolute atomic E-state index is 4.57. The molecule has 0 amide bonds. The van der Waals surface area contributed by atoms with Gasteiger partial charge in [0.25, 0.3) is 0 Å². The normalized spacial score (nSPS) is 13.2. The third kappa shape index (κ3) is 2.63. The third-order valence-electron chi connectivity index (χ3n) is 2.86. The number of nitrogens with zero attached hydrogens (tertiary/aromatic N) is 3. The Morgan fingerprint density at radius 1 is 0.900 bits per heavy atom. The van der Waals surface area contributed by atoms with E-state index in [1.807, 2.05) is 67.6 Å². The van der Waals surface area contributed by atoms with Crippen LogP contribution in [0.2, 0.25) is 0 Å². The molecule has 0 radical (unpaired) electrons. The van der Waals surface area contributed by atoms with E-state index in [4.69, 9.17) is 0 Å². The van der Waals surface area contributed by atoms with Gasteiger partial charge in [-0.15, -0.1) is 5.73 Å². The van der Waals surface area contributed by atoms with E-state index < -0.39 is 0 Å². The number of aromatic nitrogens is 3. The monoisotopic (exact) mass is 259 g/mol. The first-order chi connectivity index (χ1) is 9.83. The van der Waals surface area contributed by atoms with Crippen LogP contribution in [0.1, 0.15) is 11.6 Å². The lowest BCUT2D eigenvalue weighted by Crippen LogP contribution is -2.01. The van der Waals surface area contributed by atoms with Crippen molar-refractivity contribution < 1.29 is 0 Å². The van der Waals surface area contributed by atoms with Gasteiger partial charge in [0, 0.05) is 11.1 Å². The second-order valence-electron chi connectivity index (χ2n) is 4.38. The van der Waals surface area contributed by atoms with E-state index in [-0.39, 0.29) is 0 Å². The van der Waals surface area contributed by atoms with Gasteiger partial charge in [0.1, 0.15) is 5.82 Å². The molecule has 1 heterocycles. The second kappa shape index (κ2) is 5.47. The molecule has 0 saturated heterocycles. The van der Waals surface area contributed by atoms with Crippen molar-refractivity contribution in [2.24, 2.45) is 0 Å². The van der Waals surface area contributed by atoms with Crippen LogP contribution in [0.3, 0.4) is 0 Å². The molecule has 3 rings (SSSR count). The molecule has 0 saturated carbocycles. The molecule has 0 bridgehead atoms. The number of hydrogen-bond donors (Lipinski definition) is 0. The molecule has 2 aromatic rings. The Morgan fingerprint density at radius 3 is 2.55 bits per heavy atom. The quantitative estimate of drug-likeness (QED) is 0.775. The van der Waals surface area contributed by atoms with Crippen LogP contribution < -0.4 is 0 Å². The van der Waals surface area contributed by atoms with Crippen LogP contribution in [0.4, 0.5) is 0 Å². The van der Waals surface area contributed by atoms with Gasteiger partial charge in [-0.3, -0.25) is 0 Å². The molecule has 1 aromatic heterocycles. The molecule has 0 atom stereocenters. The van der Waals surface area contributed by atoms with Gasteiger partial charge in [0.15, 0.2) is 11.6 Å². The zero-order chi connectivity index (χ0) is 13.8. The van der Waals surface area contributed by atoms with E-state index >= 15 is 0 Å². The van der Waals surface area contributed by atoms with Crippen LogP contribution in [0, 0.1) is 6.92 Å². The standard InChI is InChI=1S/C17H13N3/c1-13-18-16(14-9-5-2-3-6-10-14)20-17(19-13)15-11-7-4-8-12-15/h2,4-12H,1H3. The van der Waals surface area contributed by atoms with Crippen molar-refractivity contribution in [2.75, 3.05) is 0 Å². The van der Waals surface area contributed by atoms with Crippen molar-refractivity contribution in [3.8, 4) is 11.4 Å². The first kappa shape index (κ1) is 12.3. The predicted molar refractivity (Wildman–Crippen MR) is 79.8 cm³/mol. The number of aryl methyl sites for hydroxylation is 1. The summed E-state index contributed by atoms with van der Waals surface area (Å²) in [7, 11) is 0. The van der Waals surface area contributed by atoms with Gasteiger partial charge >= 0.3 is 0 Å². The zero-order valence-corrected chi connectivity index (χ0v) is 11.1. The van der Waals surface area contributed by atoms with E-state index in [0.717, 1.165) is 11.1 Å². The minimum atomic E-state index is 0.681. The Kier molecular flexibility index (Phi) is 3.36. The largest absolute Gasteiger partial charge is 0.213 e. The Labute approximate surface area is 117 Å². The second-order valence-corrected chi connectivity index (χ2v) is 4.38. The summed E-state index contributed by atoms with van der Waals surface area (Å²) in [5, 5.41) is 0. The van der Waals surface area contributed by atoms with Crippen molar-refractivity contribution in [3.05, 3.63) is 78.1 Å². The van der Waals surface area contributed by atoms with Crippen LogP contribution >= 0.6 is 0 Å². The highest BCUT2D eigenvalue weighted by atomic mass is 15.0. The van der Waals surface area contributed by atoms with E-state index in [2.05, 4.69) is 20.7 Å². The van der Waals surface area contributed by atoms with E-state index in [9.17, 15) is 0 Å². The summed E-state index contributed by atoms with van der Waals surface area (Å²) in [5.74, 6) is 2.09. The van der Waals surface area contributed by atoms with E-state index in [1.54, 1.807) is 0 Å². The molecular formula is C17H13N3. The van der Waals surface area contributed by atoms with Gasteiger partial charge in [0.05, 0.1) is 0 Å². The van der Waals surface area contributed by atoms with Gasteiger partial charge in [0.2, 0.25) is 0 Å². The first-order valence-corrected chi connectivity index (χ1v) is 6.41. The number of benzene rings is 1. The summed E-state index contributed by atoms with van der Waals surface area (Å²) < 4.78 is 0. The number of rotatable bonds is 2. The van der Waals surface area contributed by atoms with Crippen LogP contribution in [-0.4, -0.2) is 15.0 Å². The Balaban J connectivity index is 2.08. The van der Waals surface area contributed by atoms with Crippen LogP contribution in [0.25, 0.3) is 17.0 Å². The fraction of sp³-hybridized carbons (Fsp3) is 0.0588. The molecule has 20 heavy (non-hydrogen) atoms. The zero-order valence-electron chi connectivity index (χ0n) is 11.1. The topological polar surface area (TPSA) is 38.7 Å². The highest BCUT2D eigenvalue weighted by Gasteiger charge is 2.08. The average Bonchev–Trinajstić information content (AvgIpc) is 2.77. The van der Waals surface area contributed by atoms with Gasteiger partial charge in [-0.1, -0.05) is 42.5 Å². The molecule has 1 aliphatic carbocycles. The van der Waals surface area contributed by atoms with Gasteiger partial charge in [-0.25, -0.2) is 15.0 Å². The summed E-state index contributed by atoms with van der Waals surface area (Å²) in [4.78, 5) is 13.4. The minimum Gasteiger partial charge on any atom is -0.213 e. The molecule has 0 spiro atoms. The van der Waals surface area contributed by atoms with Crippen LogP contribution in [-0.2, 0) is 0 Å². The first-order valence-electron chi connectivity index (χ1n) is 6.41.